The van der Waals surface area contributed by atoms with Crippen molar-refractivity contribution in [1.82, 2.24) is 0 Å². The predicted octanol–water partition coefficient (Wildman–Crippen LogP) is 2.87. The molecule has 1 rings (SSSR count). The molecule has 0 aromatic heterocycles. The van der Waals surface area contributed by atoms with Gasteiger partial charge in [-0.2, -0.15) is 12.6 Å². The highest BCUT2D eigenvalue weighted by atomic mass is 32.1. The highest BCUT2D eigenvalue weighted by Gasteiger charge is 2.04. The van der Waals surface area contributed by atoms with Crippen molar-refractivity contribution < 1.29 is 4.74 Å². The number of benzene rings is 1. The molecule has 1 aromatic carbocycles. The summed E-state index contributed by atoms with van der Waals surface area (Å²) < 4.78 is 5.30. The Hall–Kier alpha value is -0.630. The van der Waals surface area contributed by atoms with Crippen LogP contribution < -0.4 is 4.74 Å². The molecule has 1 aromatic rings. The molecule has 0 N–H and O–H groups in total. The average Bonchev–Trinajstić information content (AvgIpc) is 2.15. The van der Waals surface area contributed by atoms with Crippen LogP contribution in [0.15, 0.2) is 18.2 Å². The number of hydrogen-bond donors (Lipinski definition) is 1. The molecule has 0 unspecified atom stereocenters. The molecule has 0 bridgehead atoms. The van der Waals surface area contributed by atoms with Gasteiger partial charge in [-0.05, 0) is 42.7 Å². The zero-order valence-electron chi connectivity index (χ0n) is 8.21. The second-order valence-electron chi connectivity index (χ2n) is 3.08. The number of thiol groups is 1. The average molecular weight is 196 g/mol. The lowest BCUT2D eigenvalue weighted by Gasteiger charge is -2.10. The Balaban J connectivity index is 2.87. The summed E-state index contributed by atoms with van der Waals surface area (Å²) in [5, 5.41) is 0. The Kier molecular flexibility index (Phi) is 4.16. The number of methoxy groups -OCH3 is 1. The Bertz CT molecular complexity index is 271. The van der Waals surface area contributed by atoms with Crippen LogP contribution in [0.1, 0.15) is 17.5 Å². The Morgan fingerprint density at radius 3 is 2.77 bits per heavy atom. The van der Waals surface area contributed by atoms with E-state index in [1.54, 1.807) is 7.11 Å². The van der Waals surface area contributed by atoms with Crippen LogP contribution in [-0.2, 0) is 6.42 Å². The SMILES string of the molecule is COc1cccc(C)c1CCCS. The minimum Gasteiger partial charge on any atom is -0.496 e. The van der Waals surface area contributed by atoms with Crippen molar-refractivity contribution >= 4 is 12.6 Å². The maximum absolute atomic E-state index is 5.30. The van der Waals surface area contributed by atoms with Crippen molar-refractivity contribution in [2.24, 2.45) is 0 Å². The van der Waals surface area contributed by atoms with Crippen LogP contribution in [0.25, 0.3) is 0 Å². The summed E-state index contributed by atoms with van der Waals surface area (Å²) in [6.45, 7) is 2.12. The van der Waals surface area contributed by atoms with Crippen molar-refractivity contribution in [2.75, 3.05) is 12.9 Å². The van der Waals surface area contributed by atoms with Crippen LogP contribution in [0.4, 0.5) is 0 Å². The van der Waals surface area contributed by atoms with Crippen molar-refractivity contribution in [3.8, 4) is 5.75 Å². The molecular weight excluding hydrogens is 180 g/mol. The lowest BCUT2D eigenvalue weighted by atomic mass is 10.0. The zero-order valence-corrected chi connectivity index (χ0v) is 9.10. The molecule has 0 aliphatic heterocycles. The minimum absolute atomic E-state index is 0.928. The maximum atomic E-state index is 5.30. The fraction of sp³-hybridized carbons (Fsp3) is 0.455. The summed E-state index contributed by atoms with van der Waals surface area (Å²) in [6, 6.07) is 6.16. The number of ether oxygens (including phenoxy) is 1. The summed E-state index contributed by atoms with van der Waals surface area (Å²) >= 11 is 4.21. The monoisotopic (exact) mass is 196 g/mol. The first-order valence-corrected chi connectivity index (χ1v) is 5.16. The van der Waals surface area contributed by atoms with E-state index < -0.39 is 0 Å². The van der Waals surface area contributed by atoms with Crippen molar-refractivity contribution in [1.29, 1.82) is 0 Å². The van der Waals surface area contributed by atoms with E-state index in [2.05, 4.69) is 25.6 Å². The van der Waals surface area contributed by atoms with E-state index in [1.165, 1.54) is 11.1 Å². The number of hydrogen-bond acceptors (Lipinski definition) is 2. The van der Waals surface area contributed by atoms with Gasteiger partial charge in [0.2, 0.25) is 0 Å². The second kappa shape index (κ2) is 5.18. The molecule has 13 heavy (non-hydrogen) atoms. The molecule has 0 amide bonds. The van der Waals surface area contributed by atoms with E-state index in [0.29, 0.717) is 0 Å². The minimum atomic E-state index is 0.928. The van der Waals surface area contributed by atoms with Crippen LogP contribution >= 0.6 is 12.6 Å². The fourth-order valence-electron chi connectivity index (χ4n) is 1.44. The van der Waals surface area contributed by atoms with E-state index in [-0.39, 0.29) is 0 Å². The van der Waals surface area contributed by atoms with Crippen LogP contribution in [0, 0.1) is 6.92 Å². The number of rotatable bonds is 4. The zero-order chi connectivity index (χ0) is 9.68. The van der Waals surface area contributed by atoms with Gasteiger partial charge in [0.1, 0.15) is 5.75 Å². The van der Waals surface area contributed by atoms with Crippen LogP contribution in [-0.4, -0.2) is 12.9 Å². The highest BCUT2D eigenvalue weighted by molar-refractivity contribution is 7.80. The van der Waals surface area contributed by atoms with Gasteiger partial charge in [-0.25, -0.2) is 0 Å². The van der Waals surface area contributed by atoms with E-state index in [0.717, 1.165) is 24.3 Å². The van der Waals surface area contributed by atoms with E-state index in [9.17, 15) is 0 Å². The first kappa shape index (κ1) is 10.5. The van der Waals surface area contributed by atoms with E-state index >= 15 is 0 Å². The molecule has 0 aliphatic rings. The molecule has 0 atom stereocenters. The van der Waals surface area contributed by atoms with Gasteiger partial charge in [0.25, 0.3) is 0 Å². The summed E-state index contributed by atoms with van der Waals surface area (Å²) in [4.78, 5) is 0. The third kappa shape index (κ3) is 2.66. The van der Waals surface area contributed by atoms with Gasteiger partial charge in [-0.1, -0.05) is 12.1 Å². The summed E-state index contributed by atoms with van der Waals surface area (Å²) in [5.41, 5.74) is 2.63. The topological polar surface area (TPSA) is 9.23 Å². The lowest BCUT2D eigenvalue weighted by Crippen LogP contribution is -1.95. The van der Waals surface area contributed by atoms with Crippen LogP contribution in [0.2, 0.25) is 0 Å². The Labute approximate surface area is 85.5 Å². The molecule has 0 fully saturated rings. The van der Waals surface area contributed by atoms with Crippen molar-refractivity contribution in [3.05, 3.63) is 29.3 Å². The molecule has 0 spiro atoms. The fourth-order valence-corrected chi connectivity index (χ4v) is 1.60. The third-order valence-electron chi connectivity index (χ3n) is 2.17. The van der Waals surface area contributed by atoms with Crippen molar-refractivity contribution in [3.63, 3.8) is 0 Å². The van der Waals surface area contributed by atoms with Crippen molar-refractivity contribution in [2.45, 2.75) is 19.8 Å². The molecule has 0 saturated carbocycles. The van der Waals surface area contributed by atoms with Gasteiger partial charge >= 0.3 is 0 Å². The second-order valence-corrected chi connectivity index (χ2v) is 3.53. The molecular formula is C11H16OS. The lowest BCUT2D eigenvalue weighted by molar-refractivity contribution is 0.409. The smallest absolute Gasteiger partial charge is 0.122 e. The van der Waals surface area contributed by atoms with Crippen LogP contribution in [0.3, 0.4) is 0 Å². The summed E-state index contributed by atoms with van der Waals surface area (Å²) in [6.07, 6.45) is 2.16. The van der Waals surface area contributed by atoms with Gasteiger partial charge in [0.05, 0.1) is 7.11 Å². The van der Waals surface area contributed by atoms with E-state index in [1.807, 2.05) is 12.1 Å². The quantitative estimate of drug-likeness (QED) is 0.729. The maximum Gasteiger partial charge on any atom is 0.122 e. The molecule has 0 saturated heterocycles. The summed E-state index contributed by atoms with van der Waals surface area (Å²) in [5.74, 6) is 1.93. The van der Waals surface area contributed by atoms with Gasteiger partial charge in [-0.3, -0.25) is 0 Å². The molecule has 72 valence electrons. The molecule has 1 nitrogen and oxygen atoms in total. The van der Waals surface area contributed by atoms with Gasteiger partial charge in [0.15, 0.2) is 0 Å². The Morgan fingerprint density at radius 1 is 1.38 bits per heavy atom. The first-order valence-electron chi connectivity index (χ1n) is 4.53. The first-order chi connectivity index (χ1) is 6.29. The molecule has 0 radical (unpaired) electrons. The van der Waals surface area contributed by atoms with Crippen LogP contribution in [0.5, 0.6) is 5.75 Å². The normalized spacial score (nSPS) is 10.1. The molecule has 2 heteroatoms. The largest absolute Gasteiger partial charge is 0.496 e. The molecule has 0 aliphatic carbocycles. The molecule has 0 heterocycles. The third-order valence-corrected chi connectivity index (χ3v) is 2.49. The predicted molar refractivity (Wildman–Crippen MR) is 59.9 cm³/mol. The van der Waals surface area contributed by atoms with Gasteiger partial charge in [0, 0.05) is 0 Å². The standard InChI is InChI=1S/C11H16OS/c1-9-5-3-7-11(12-2)10(9)6-4-8-13/h3,5,7,13H,4,6,8H2,1-2H3. The van der Waals surface area contributed by atoms with Gasteiger partial charge in [-0.15, -0.1) is 0 Å². The van der Waals surface area contributed by atoms with E-state index in [4.69, 9.17) is 4.74 Å². The highest BCUT2D eigenvalue weighted by Crippen LogP contribution is 2.22. The Morgan fingerprint density at radius 2 is 2.15 bits per heavy atom. The van der Waals surface area contributed by atoms with Gasteiger partial charge < -0.3 is 4.74 Å². The summed E-state index contributed by atoms with van der Waals surface area (Å²) in [7, 11) is 1.72. The number of aryl methyl sites for hydroxylation is 1.